The lowest BCUT2D eigenvalue weighted by Crippen LogP contribution is -2.40. The van der Waals surface area contributed by atoms with Gasteiger partial charge in [0.15, 0.2) is 0 Å². The molecule has 1 aromatic carbocycles. The number of fused-ring (bicyclic) bond motifs is 5. The highest BCUT2D eigenvalue weighted by molar-refractivity contribution is 5.89. The molecule has 0 aromatic heterocycles. The molecule has 122 valence electrons. The molecule has 0 bridgehead atoms. The van der Waals surface area contributed by atoms with Gasteiger partial charge in [0.1, 0.15) is 0 Å². The standard InChI is InChI=1S/C21H26O2/c1-12-10-18-14(11-17(12)20(22)23)5-6-16-15(18)8-9-21(3)13(2)4-7-19(16)21/h10-11,15-16,19H,2,4-9H2,1,3H3,(H,22,23)/t15?,16?,19?,21-/m1/s1. The first-order valence-corrected chi connectivity index (χ1v) is 8.97. The van der Waals surface area contributed by atoms with E-state index in [1.807, 2.05) is 13.0 Å². The molecule has 0 radical (unpaired) electrons. The summed E-state index contributed by atoms with van der Waals surface area (Å²) in [5.41, 5.74) is 5.97. The second-order valence-electron chi connectivity index (χ2n) is 8.18. The number of carbonyl (C=O) groups is 1. The number of carboxylic acids is 1. The number of allylic oxidation sites excluding steroid dienone is 1. The predicted molar refractivity (Wildman–Crippen MR) is 91.9 cm³/mol. The van der Waals surface area contributed by atoms with Crippen molar-refractivity contribution in [1.29, 1.82) is 0 Å². The van der Waals surface area contributed by atoms with Gasteiger partial charge in [0.05, 0.1) is 5.56 Å². The van der Waals surface area contributed by atoms with Gasteiger partial charge in [-0.3, -0.25) is 0 Å². The van der Waals surface area contributed by atoms with E-state index in [0.29, 0.717) is 16.9 Å². The summed E-state index contributed by atoms with van der Waals surface area (Å²) in [5, 5.41) is 9.38. The summed E-state index contributed by atoms with van der Waals surface area (Å²) in [6.07, 6.45) is 7.24. The normalized spacial score (nSPS) is 35.4. The fourth-order valence-electron chi connectivity index (χ4n) is 5.87. The molecule has 1 N–H and O–H groups in total. The van der Waals surface area contributed by atoms with Crippen LogP contribution < -0.4 is 0 Å². The van der Waals surface area contributed by atoms with Gasteiger partial charge in [0.25, 0.3) is 0 Å². The lowest BCUT2D eigenvalue weighted by molar-refractivity contribution is 0.0694. The zero-order valence-corrected chi connectivity index (χ0v) is 14.2. The molecular formula is C21H26O2. The first-order chi connectivity index (χ1) is 10.9. The van der Waals surface area contributed by atoms with Crippen molar-refractivity contribution in [2.45, 2.75) is 58.3 Å². The monoisotopic (exact) mass is 310 g/mol. The lowest BCUT2D eigenvalue weighted by Gasteiger charge is -2.49. The van der Waals surface area contributed by atoms with Crippen LogP contribution >= 0.6 is 0 Å². The summed E-state index contributed by atoms with van der Waals surface area (Å²) in [7, 11) is 0. The molecule has 3 unspecified atom stereocenters. The maximum atomic E-state index is 11.4. The number of hydrogen-bond donors (Lipinski definition) is 1. The third-order valence-corrected chi connectivity index (χ3v) is 7.25. The van der Waals surface area contributed by atoms with Gasteiger partial charge in [-0.2, -0.15) is 0 Å². The quantitative estimate of drug-likeness (QED) is 0.732. The second-order valence-corrected chi connectivity index (χ2v) is 8.18. The van der Waals surface area contributed by atoms with Crippen molar-refractivity contribution in [2.75, 3.05) is 0 Å². The molecule has 3 aliphatic carbocycles. The van der Waals surface area contributed by atoms with Crippen molar-refractivity contribution in [3.63, 3.8) is 0 Å². The van der Waals surface area contributed by atoms with Crippen LogP contribution in [0, 0.1) is 24.2 Å². The van der Waals surface area contributed by atoms with Crippen molar-refractivity contribution >= 4 is 5.97 Å². The van der Waals surface area contributed by atoms with Crippen LogP contribution in [0.15, 0.2) is 24.3 Å². The molecule has 2 nitrogen and oxygen atoms in total. The summed E-state index contributed by atoms with van der Waals surface area (Å²) < 4.78 is 0. The first-order valence-electron chi connectivity index (χ1n) is 8.97. The number of aromatic carboxylic acids is 1. The van der Waals surface area contributed by atoms with Crippen molar-refractivity contribution < 1.29 is 9.90 Å². The van der Waals surface area contributed by atoms with Gasteiger partial charge >= 0.3 is 5.97 Å². The van der Waals surface area contributed by atoms with Crippen LogP contribution in [0.3, 0.4) is 0 Å². The summed E-state index contributed by atoms with van der Waals surface area (Å²) in [6, 6.07) is 4.13. The average Bonchev–Trinajstić information content (AvgIpc) is 2.82. The summed E-state index contributed by atoms with van der Waals surface area (Å²) in [6.45, 7) is 8.76. The van der Waals surface area contributed by atoms with Crippen LogP contribution in [0.5, 0.6) is 0 Å². The molecule has 0 aliphatic heterocycles. The molecule has 0 saturated heterocycles. The van der Waals surface area contributed by atoms with Gasteiger partial charge in [-0.25, -0.2) is 4.79 Å². The molecule has 1 aromatic rings. The third-order valence-electron chi connectivity index (χ3n) is 7.25. The van der Waals surface area contributed by atoms with Crippen molar-refractivity contribution in [3.8, 4) is 0 Å². The van der Waals surface area contributed by atoms with E-state index in [-0.39, 0.29) is 0 Å². The van der Waals surface area contributed by atoms with E-state index in [4.69, 9.17) is 0 Å². The van der Waals surface area contributed by atoms with E-state index in [0.717, 1.165) is 23.8 Å². The minimum atomic E-state index is -0.796. The summed E-state index contributed by atoms with van der Waals surface area (Å²) in [5.74, 6) is 1.37. The highest BCUT2D eigenvalue weighted by Crippen LogP contribution is 2.62. The van der Waals surface area contributed by atoms with E-state index >= 15 is 0 Å². The largest absolute Gasteiger partial charge is 0.478 e. The van der Waals surface area contributed by atoms with Crippen LogP contribution in [0.4, 0.5) is 0 Å². The minimum absolute atomic E-state index is 0.356. The van der Waals surface area contributed by atoms with Gasteiger partial charge in [-0.1, -0.05) is 25.1 Å². The van der Waals surface area contributed by atoms with Crippen LogP contribution in [-0.2, 0) is 6.42 Å². The third kappa shape index (κ3) is 2.03. The fraction of sp³-hybridized carbons (Fsp3) is 0.571. The van der Waals surface area contributed by atoms with Gasteiger partial charge in [0, 0.05) is 0 Å². The molecule has 2 fully saturated rings. The zero-order valence-electron chi connectivity index (χ0n) is 14.2. The number of rotatable bonds is 1. The lowest BCUT2D eigenvalue weighted by atomic mass is 9.55. The van der Waals surface area contributed by atoms with Crippen molar-refractivity contribution in [3.05, 3.63) is 46.5 Å². The molecule has 23 heavy (non-hydrogen) atoms. The summed E-state index contributed by atoms with van der Waals surface area (Å²) in [4.78, 5) is 11.4. The Morgan fingerprint density at radius 2 is 2.04 bits per heavy atom. The van der Waals surface area contributed by atoms with Gasteiger partial charge in [0.2, 0.25) is 0 Å². The van der Waals surface area contributed by atoms with Gasteiger partial charge < -0.3 is 5.11 Å². The SMILES string of the molecule is C=C1CCC2C3CCc4cc(C(=O)O)c(C)cc4C3CC[C@]12C. The molecule has 0 heterocycles. The molecule has 2 saturated carbocycles. The Kier molecular flexibility index (Phi) is 3.23. The summed E-state index contributed by atoms with van der Waals surface area (Å²) >= 11 is 0. The van der Waals surface area contributed by atoms with E-state index in [1.54, 1.807) is 0 Å². The Morgan fingerprint density at radius 3 is 2.78 bits per heavy atom. The van der Waals surface area contributed by atoms with E-state index in [9.17, 15) is 9.90 Å². The van der Waals surface area contributed by atoms with E-state index in [1.165, 1.54) is 48.8 Å². The van der Waals surface area contributed by atoms with Crippen LogP contribution in [0.2, 0.25) is 0 Å². The highest BCUT2D eigenvalue weighted by atomic mass is 16.4. The smallest absolute Gasteiger partial charge is 0.335 e. The van der Waals surface area contributed by atoms with Crippen molar-refractivity contribution in [1.82, 2.24) is 0 Å². The Hall–Kier alpha value is -1.57. The molecule has 0 spiro atoms. The number of carboxylic acid groups (broad SMARTS) is 1. The zero-order chi connectivity index (χ0) is 16.4. The molecule has 3 aliphatic rings. The fourth-order valence-corrected chi connectivity index (χ4v) is 5.87. The van der Waals surface area contributed by atoms with Crippen LogP contribution in [0.1, 0.15) is 72.0 Å². The van der Waals surface area contributed by atoms with E-state index in [2.05, 4.69) is 19.6 Å². The Bertz CT molecular complexity index is 702. The molecule has 2 heteroatoms. The van der Waals surface area contributed by atoms with Crippen LogP contribution in [0.25, 0.3) is 0 Å². The van der Waals surface area contributed by atoms with Crippen LogP contribution in [-0.4, -0.2) is 11.1 Å². The topological polar surface area (TPSA) is 37.3 Å². The number of aryl methyl sites for hydroxylation is 2. The maximum absolute atomic E-state index is 11.4. The number of benzene rings is 1. The first kappa shape index (κ1) is 15.0. The maximum Gasteiger partial charge on any atom is 0.335 e. The Labute approximate surface area is 138 Å². The highest BCUT2D eigenvalue weighted by Gasteiger charge is 2.51. The van der Waals surface area contributed by atoms with Gasteiger partial charge in [-0.05, 0) is 91.4 Å². The van der Waals surface area contributed by atoms with Crippen molar-refractivity contribution in [2.24, 2.45) is 17.3 Å². The molecule has 4 atom stereocenters. The minimum Gasteiger partial charge on any atom is -0.478 e. The predicted octanol–water partition coefficient (Wildman–Crippen LogP) is 5.11. The van der Waals surface area contributed by atoms with Gasteiger partial charge in [-0.15, -0.1) is 0 Å². The average molecular weight is 310 g/mol. The Balaban J connectivity index is 1.74. The Morgan fingerprint density at radius 1 is 1.26 bits per heavy atom. The number of hydrogen-bond acceptors (Lipinski definition) is 1. The second kappa shape index (κ2) is 4.96. The molecular weight excluding hydrogens is 284 g/mol. The van der Waals surface area contributed by atoms with E-state index < -0.39 is 5.97 Å². The molecule has 4 rings (SSSR count). The molecule has 0 amide bonds.